The van der Waals surface area contributed by atoms with E-state index >= 15 is 0 Å². The molecule has 9 nitrogen and oxygen atoms in total. The number of urea groups is 1. The highest BCUT2D eigenvalue weighted by Crippen LogP contribution is 2.23. The normalized spacial score (nSPS) is 22.8. The summed E-state index contributed by atoms with van der Waals surface area (Å²) in [5.41, 5.74) is 6.40. The van der Waals surface area contributed by atoms with Gasteiger partial charge in [-0.2, -0.15) is 0 Å². The van der Waals surface area contributed by atoms with E-state index in [4.69, 9.17) is 22.3 Å². The van der Waals surface area contributed by atoms with Crippen molar-refractivity contribution < 1.29 is 19.0 Å². The minimum Gasteiger partial charge on any atom is -0.369 e. The number of likely N-dealkylation sites (N-methyl/N-ethyl adjacent to an activating group) is 2. The fraction of sp³-hybridized carbons (Fsp3) is 0.476. The molecule has 4 amide bonds. The molecule has 0 bridgehead atoms. The van der Waals surface area contributed by atoms with Crippen LogP contribution >= 0.6 is 11.6 Å². The fourth-order valence-electron chi connectivity index (χ4n) is 4.37. The van der Waals surface area contributed by atoms with Crippen molar-refractivity contribution in [1.82, 2.24) is 14.7 Å². The van der Waals surface area contributed by atoms with Gasteiger partial charge in [-0.05, 0) is 48.6 Å². The van der Waals surface area contributed by atoms with Crippen molar-refractivity contribution in [2.24, 2.45) is 16.6 Å². The number of nitrogens with zero attached hydrogens (tertiary/aromatic N) is 5. The van der Waals surface area contributed by atoms with Gasteiger partial charge in [0, 0.05) is 25.0 Å². The maximum Gasteiger partial charge on any atom is 0.333 e. The maximum atomic E-state index is 13.0. The van der Waals surface area contributed by atoms with Crippen LogP contribution in [0.1, 0.15) is 18.4 Å². The van der Waals surface area contributed by atoms with Crippen LogP contribution in [0, 0.1) is 5.92 Å². The number of benzene rings is 1. The number of fused-ring (bicyclic) bond motifs is 1. The quantitative estimate of drug-likeness (QED) is 0.675. The van der Waals surface area contributed by atoms with E-state index in [1.54, 1.807) is 13.1 Å². The zero-order valence-electron chi connectivity index (χ0n) is 17.6. The third kappa shape index (κ3) is 4.07. The third-order valence-electron chi connectivity index (χ3n) is 6.21. The first-order chi connectivity index (χ1) is 14.8. The highest BCUT2D eigenvalue weighted by molar-refractivity contribution is 6.30. The molecule has 0 radical (unpaired) electrons. The van der Waals surface area contributed by atoms with Crippen LogP contribution in [0.4, 0.5) is 4.79 Å². The number of halogens is 1. The molecule has 2 fully saturated rings. The third-order valence-corrected chi connectivity index (χ3v) is 6.45. The SMILES string of the molecule is CN1C(=O)C2C(=NC(CN3CCC(C(N)=O)CC3)=[N+]2Cc2cccc(Cl)c2)N(C)C1=O. The zero-order chi connectivity index (χ0) is 22.3. The minimum absolute atomic E-state index is 0.0970. The molecule has 31 heavy (non-hydrogen) atoms. The standard InChI is InChI=1S/C21H25ClN6O3/c1-25-19-17(20(30)26(2)21(25)31)28(11-13-4-3-5-15(22)10-13)16(24-19)12-27-8-6-14(7-9-27)18(23)29/h3-5,10,14,17H,6-9,11-12H2,1-2H3,(H-,23,29)/p+1. The Morgan fingerprint density at radius 3 is 2.58 bits per heavy atom. The van der Waals surface area contributed by atoms with Gasteiger partial charge in [-0.1, -0.05) is 23.7 Å². The van der Waals surface area contributed by atoms with Crippen LogP contribution in [0.3, 0.4) is 0 Å². The van der Waals surface area contributed by atoms with Gasteiger partial charge in [-0.15, -0.1) is 0 Å². The van der Waals surface area contributed by atoms with Crippen molar-refractivity contribution in [3.63, 3.8) is 0 Å². The molecule has 1 aromatic rings. The highest BCUT2D eigenvalue weighted by Gasteiger charge is 2.53. The lowest BCUT2D eigenvalue weighted by Gasteiger charge is -2.31. The predicted molar refractivity (Wildman–Crippen MR) is 116 cm³/mol. The van der Waals surface area contributed by atoms with E-state index in [1.165, 1.54) is 11.9 Å². The Bertz CT molecular complexity index is 999. The molecule has 1 unspecified atom stereocenters. The number of hydrogen-bond donors (Lipinski definition) is 1. The molecule has 2 N–H and O–H groups in total. The van der Waals surface area contributed by atoms with Gasteiger partial charge >= 0.3 is 11.9 Å². The summed E-state index contributed by atoms with van der Waals surface area (Å²) in [5.74, 6) is 0.514. The number of piperidine rings is 1. The number of primary amides is 1. The van der Waals surface area contributed by atoms with Crippen molar-refractivity contribution >= 4 is 41.1 Å². The van der Waals surface area contributed by atoms with Gasteiger partial charge in [0.2, 0.25) is 5.91 Å². The maximum absolute atomic E-state index is 13.0. The van der Waals surface area contributed by atoms with Crippen molar-refractivity contribution in [2.75, 3.05) is 33.7 Å². The lowest BCUT2D eigenvalue weighted by atomic mass is 9.96. The van der Waals surface area contributed by atoms with Gasteiger partial charge in [0.25, 0.3) is 17.8 Å². The summed E-state index contributed by atoms with van der Waals surface area (Å²) in [5, 5.41) is 0.618. The lowest BCUT2D eigenvalue weighted by Crippen LogP contribution is -2.61. The number of imide groups is 1. The minimum atomic E-state index is -0.662. The number of carbonyl (C=O) groups is 3. The van der Waals surface area contributed by atoms with E-state index in [-0.39, 0.29) is 17.7 Å². The largest absolute Gasteiger partial charge is 0.369 e. The van der Waals surface area contributed by atoms with Gasteiger partial charge in [-0.3, -0.25) is 24.3 Å². The van der Waals surface area contributed by atoms with E-state index < -0.39 is 12.1 Å². The van der Waals surface area contributed by atoms with Crippen LogP contribution in [0.25, 0.3) is 0 Å². The number of carbonyl (C=O) groups excluding carboxylic acids is 3. The molecule has 2 saturated heterocycles. The lowest BCUT2D eigenvalue weighted by molar-refractivity contribution is -0.552. The summed E-state index contributed by atoms with van der Waals surface area (Å²) in [6, 6.07) is 6.42. The van der Waals surface area contributed by atoms with Gasteiger partial charge < -0.3 is 5.73 Å². The molecule has 164 valence electrons. The van der Waals surface area contributed by atoms with Crippen LogP contribution < -0.4 is 5.73 Å². The second-order valence-corrected chi connectivity index (χ2v) is 8.67. The Hall–Kier alpha value is -2.78. The van der Waals surface area contributed by atoms with Crippen LogP contribution in [-0.4, -0.2) is 88.6 Å². The van der Waals surface area contributed by atoms with Crippen molar-refractivity contribution in [3.8, 4) is 0 Å². The van der Waals surface area contributed by atoms with E-state index in [9.17, 15) is 14.4 Å². The number of nitrogens with two attached hydrogens (primary N) is 1. The smallest absolute Gasteiger partial charge is 0.333 e. The molecule has 3 aliphatic heterocycles. The van der Waals surface area contributed by atoms with Gasteiger partial charge in [-0.25, -0.2) is 9.37 Å². The molecule has 1 atom stereocenters. The van der Waals surface area contributed by atoms with Crippen molar-refractivity contribution in [3.05, 3.63) is 34.9 Å². The summed E-state index contributed by atoms with van der Waals surface area (Å²) in [6.45, 7) is 2.40. The molecule has 10 heteroatoms. The number of likely N-dealkylation sites (tertiary alicyclic amines) is 1. The first-order valence-electron chi connectivity index (χ1n) is 10.3. The molecule has 0 aliphatic carbocycles. The van der Waals surface area contributed by atoms with Gasteiger partial charge in [0.15, 0.2) is 0 Å². The average molecular weight is 446 g/mol. The molecule has 3 heterocycles. The van der Waals surface area contributed by atoms with Crippen LogP contribution in [0.15, 0.2) is 29.3 Å². The Morgan fingerprint density at radius 2 is 1.94 bits per heavy atom. The van der Waals surface area contributed by atoms with Gasteiger partial charge in [0.05, 0.1) is 0 Å². The Morgan fingerprint density at radius 1 is 1.23 bits per heavy atom. The molecular weight excluding hydrogens is 420 g/mol. The number of hydrogen-bond acceptors (Lipinski definition) is 5. The second kappa shape index (κ2) is 8.39. The Kier molecular flexibility index (Phi) is 5.81. The van der Waals surface area contributed by atoms with Gasteiger partial charge in [0.1, 0.15) is 13.1 Å². The summed E-state index contributed by atoms with van der Waals surface area (Å²) in [4.78, 5) is 46.4. The summed E-state index contributed by atoms with van der Waals surface area (Å²) in [7, 11) is 3.12. The second-order valence-electron chi connectivity index (χ2n) is 8.24. The Labute approximate surface area is 185 Å². The first-order valence-corrected chi connectivity index (χ1v) is 10.7. The Balaban J connectivity index is 1.64. The molecule has 4 rings (SSSR count). The molecule has 1 aromatic carbocycles. The van der Waals surface area contributed by atoms with Crippen molar-refractivity contribution in [2.45, 2.75) is 25.4 Å². The summed E-state index contributed by atoms with van der Waals surface area (Å²) < 4.78 is 1.95. The van der Waals surface area contributed by atoms with Crippen LogP contribution in [0.5, 0.6) is 0 Å². The molecule has 0 saturated carbocycles. The average Bonchev–Trinajstić information content (AvgIpc) is 3.09. The number of amides is 4. The molecular formula is C21H26ClN6O3+. The molecule has 0 aromatic heterocycles. The molecule has 3 aliphatic rings. The van der Waals surface area contributed by atoms with E-state index in [1.807, 2.05) is 22.8 Å². The monoisotopic (exact) mass is 445 g/mol. The predicted octanol–water partition coefficient (Wildman–Crippen LogP) is 0.753. The summed E-state index contributed by atoms with van der Waals surface area (Å²) >= 11 is 6.17. The van der Waals surface area contributed by atoms with Crippen LogP contribution in [0.2, 0.25) is 5.02 Å². The summed E-state index contributed by atoms with van der Waals surface area (Å²) in [6.07, 6.45) is 1.41. The fourth-order valence-corrected chi connectivity index (χ4v) is 4.58. The number of aliphatic imine (C=N–C) groups is 1. The molecule has 0 spiro atoms. The zero-order valence-corrected chi connectivity index (χ0v) is 18.4. The van der Waals surface area contributed by atoms with Crippen molar-refractivity contribution in [1.29, 1.82) is 0 Å². The van der Waals surface area contributed by atoms with E-state index in [0.717, 1.165) is 29.4 Å². The van der Waals surface area contributed by atoms with E-state index in [2.05, 4.69) is 4.90 Å². The first kappa shape index (κ1) is 21.5. The topological polar surface area (TPSA) is 102 Å². The number of amidine groups is 2. The van der Waals surface area contributed by atoms with E-state index in [0.29, 0.717) is 36.8 Å². The highest BCUT2D eigenvalue weighted by atomic mass is 35.5. The van der Waals surface area contributed by atoms with Crippen LogP contribution in [-0.2, 0) is 16.1 Å². The number of rotatable bonds is 5.